The number of benzene rings is 1. The van der Waals surface area contributed by atoms with Gasteiger partial charge in [-0.2, -0.15) is 10.3 Å². The number of H-pyrrole nitrogens is 1. The third-order valence-electron chi connectivity index (χ3n) is 3.49. The van der Waals surface area contributed by atoms with Gasteiger partial charge in [0.2, 0.25) is 0 Å². The zero-order chi connectivity index (χ0) is 16.8. The van der Waals surface area contributed by atoms with Crippen molar-refractivity contribution in [3.63, 3.8) is 0 Å². The molecule has 0 saturated heterocycles. The maximum atomic E-state index is 11.9. The average Bonchev–Trinajstić information content (AvgIpc) is 2.99. The molecule has 2 aromatic rings. The molecule has 0 radical (unpaired) electrons. The second-order valence-electron chi connectivity index (χ2n) is 5.38. The quantitative estimate of drug-likeness (QED) is 0.625. The summed E-state index contributed by atoms with van der Waals surface area (Å²) in [5, 5.41) is 10.5. The van der Waals surface area contributed by atoms with Crippen LogP contribution in [0.3, 0.4) is 0 Å². The predicted molar refractivity (Wildman–Crippen MR) is 87.7 cm³/mol. The van der Waals surface area contributed by atoms with Crippen LogP contribution in [0, 0.1) is 13.8 Å². The lowest BCUT2D eigenvalue weighted by Gasteiger charge is -2.13. The van der Waals surface area contributed by atoms with Crippen molar-refractivity contribution in [1.29, 1.82) is 0 Å². The lowest BCUT2D eigenvalue weighted by Crippen LogP contribution is -2.07. The van der Waals surface area contributed by atoms with Crippen molar-refractivity contribution in [3.8, 4) is 17.0 Å². The van der Waals surface area contributed by atoms with E-state index in [2.05, 4.69) is 22.3 Å². The molecule has 1 N–H and O–H groups in total. The number of aromatic nitrogens is 3. The fourth-order valence-electron chi connectivity index (χ4n) is 2.41. The molecule has 0 bridgehead atoms. The molecule has 1 aromatic heterocycles. The average molecular weight is 317 g/mol. The van der Waals surface area contributed by atoms with Gasteiger partial charge in [-0.25, -0.2) is 4.79 Å². The summed E-state index contributed by atoms with van der Waals surface area (Å²) in [7, 11) is 0. The summed E-state index contributed by atoms with van der Waals surface area (Å²) in [5.74, 6) is 0.415. The van der Waals surface area contributed by atoms with Crippen LogP contribution < -0.4 is 4.74 Å². The highest BCUT2D eigenvalue weighted by Crippen LogP contribution is 2.30. The molecule has 0 saturated carbocycles. The molecule has 23 heavy (non-hydrogen) atoms. The van der Waals surface area contributed by atoms with Gasteiger partial charge in [0.25, 0.3) is 0 Å². The predicted octanol–water partition coefficient (Wildman–Crippen LogP) is 3.44. The summed E-state index contributed by atoms with van der Waals surface area (Å²) in [4.78, 5) is 11.9. The number of hydrogen-bond acceptors (Lipinski definition) is 5. The highest BCUT2D eigenvalue weighted by Gasteiger charge is 2.20. The summed E-state index contributed by atoms with van der Waals surface area (Å²) in [6, 6.07) is 3.91. The third-order valence-corrected chi connectivity index (χ3v) is 3.49. The van der Waals surface area contributed by atoms with E-state index in [4.69, 9.17) is 9.47 Å². The Bertz CT molecular complexity index is 656. The van der Waals surface area contributed by atoms with Crippen LogP contribution in [0.2, 0.25) is 0 Å². The van der Waals surface area contributed by atoms with E-state index in [0.29, 0.717) is 18.9 Å². The van der Waals surface area contributed by atoms with Gasteiger partial charge < -0.3 is 9.47 Å². The molecule has 0 amide bonds. The molecular weight excluding hydrogens is 294 g/mol. The van der Waals surface area contributed by atoms with Gasteiger partial charge in [0.1, 0.15) is 11.4 Å². The number of carbonyl (C=O) groups excluding carboxylic acids is 1. The second kappa shape index (κ2) is 7.76. The summed E-state index contributed by atoms with van der Waals surface area (Å²) in [6.45, 7) is 8.87. The summed E-state index contributed by atoms with van der Waals surface area (Å²) < 4.78 is 10.9. The van der Waals surface area contributed by atoms with Crippen molar-refractivity contribution in [2.75, 3.05) is 13.2 Å². The number of esters is 1. The number of aromatic amines is 1. The van der Waals surface area contributed by atoms with Gasteiger partial charge >= 0.3 is 5.97 Å². The topological polar surface area (TPSA) is 77.1 Å². The normalized spacial score (nSPS) is 10.6. The minimum absolute atomic E-state index is 0.199. The molecule has 6 heteroatoms. The molecule has 0 fully saturated rings. The lowest BCUT2D eigenvalue weighted by atomic mass is 10.0. The Morgan fingerprint density at radius 3 is 2.48 bits per heavy atom. The number of nitrogens with zero attached hydrogens (tertiary/aromatic N) is 2. The maximum absolute atomic E-state index is 11.9. The Kier molecular flexibility index (Phi) is 5.73. The van der Waals surface area contributed by atoms with Gasteiger partial charge in [-0.15, -0.1) is 5.10 Å². The van der Waals surface area contributed by atoms with Crippen molar-refractivity contribution in [2.45, 2.75) is 40.5 Å². The van der Waals surface area contributed by atoms with Crippen molar-refractivity contribution in [3.05, 3.63) is 29.0 Å². The lowest BCUT2D eigenvalue weighted by molar-refractivity contribution is 0.0520. The standard InChI is InChI=1S/C17H23N3O3/c1-5-7-8-23-16-11(3)9-13(10-12(16)4)14-15(19-20-18-14)17(21)22-6-2/h9-10H,5-8H2,1-4H3,(H,18,19,20). The Labute approximate surface area is 136 Å². The van der Waals surface area contributed by atoms with E-state index in [1.165, 1.54) is 0 Å². The molecule has 2 rings (SSSR count). The smallest absolute Gasteiger partial charge is 0.361 e. The van der Waals surface area contributed by atoms with Gasteiger partial charge in [-0.3, -0.25) is 0 Å². The molecule has 0 atom stereocenters. The number of nitrogens with one attached hydrogen (secondary N) is 1. The van der Waals surface area contributed by atoms with Gasteiger partial charge in [-0.05, 0) is 50.5 Å². The first kappa shape index (κ1) is 17.0. The maximum Gasteiger partial charge on any atom is 0.361 e. The summed E-state index contributed by atoms with van der Waals surface area (Å²) in [5.41, 5.74) is 3.53. The second-order valence-corrected chi connectivity index (χ2v) is 5.38. The minimum Gasteiger partial charge on any atom is -0.493 e. The van der Waals surface area contributed by atoms with Gasteiger partial charge in [-0.1, -0.05) is 13.3 Å². The highest BCUT2D eigenvalue weighted by molar-refractivity contribution is 5.94. The molecule has 6 nitrogen and oxygen atoms in total. The van der Waals surface area contributed by atoms with E-state index in [1.54, 1.807) is 6.92 Å². The number of hydrogen-bond donors (Lipinski definition) is 1. The van der Waals surface area contributed by atoms with Gasteiger partial charge in [0.05, 0.1) is 13.2 Å². The summed E-state index contributed by atoms with van der Waals surface area (Å²) >= 11 is 0. The van der Waals surface area contributed by atoms with Crippen molar-refractivity contribution in [1.82, 2.24) is 15.4 Å². The van der Waals surface area contributed by atoms with Crippen LogP contribution in [0.25, 0.3) is 11.3 Å². The number of rotatable bonds is 7. The highest BCUT2D eigenvalue weighted by atomic mass is 16.5. The first-order chi connectivity index (χ1) is 11.1. The van der Waals surface area contributed by atoms with Gasteiger partial charge in [0.15, 0.2) is 5.69 Å². The molecule has 1 heterocycles. The Balaban J connectivity index is 2.32. The van der Waals surface area contributed by atoms with Crippen LogP contribution in [0.4, 0.5) is 0 Å². The SMILES string of the molecule is CCCCOc1c(C)cc(-c2n[nH]nc2C(=O)OCC)cc1C. The number of carbonyl (C=O) groups is 1. The van der Waals surface area contributed by atoms with E-state index < -0.39 is 5.97 Å². The molecule has 0 unspecified atom stereocenters. The summed E-state index contributed by atoms with van der Waals surface area (Å²) in [6.07, 6.45) is 2.12. The van der Waals surface area contributed by atoms with Crippen LogP contribution in [0.1, 0.15) is 48.3 Å². The van der Waals surface area contributed by atoms with E-state index in [0.717, 1.165) is 35.3 Å². The number of ether oxygens (including phenoxy) is 2. The van der Waals surface area contributed by atoms with Crippen LogP contribution >= 0.6 is 0 Å². The molecule has 124 valence electrons. The number of aryl methyl sites for hydroxylation is 2. The monoisotopic (exact) mass is 317 g/mol. The van der Waals surface area contributed by atoms with Crippen LogP contribution in [-0.2, 0) is 4.74 Å². The first-order valence-corrected chi connectivity index (χ1v) is 7.90. The van der Waals surface area contributed by atoms with Crippen LogP contribution in [0.5, 0.6) is 5.75 Å². The van der Waals surface area contributed by atoms with E-state index in [1.807, 2.05) is 26.0 Å². The first-order valence-electron chi connectivity index (χ1n) is 7.90. The Morgan fingerprint density at radius 2 is 1.87 bits per heavy atom. The van der Waals surface area contributed by atoms with Crippen molar-refractivity contribution >= 4 is 5.97 Å². The Morgan fingerprint density at radius 1 is 1.17 bits per heavy atom. The van der Waals surface area contributed by atoms with E-state index in [-0.39, 0.29) is 5.69 Å². The fourth-order valence-corrected chi connectivity index (χ4v) is 2.41. The van der Waals surface area contributed by atoms with Gasteiger partial charge in [0, 0.05) is 5.56 Å². The minimum atomic E-state index is -0.477. The molecular formula is C17H23N3O3. The van der Waals surface area contributed by atoms with E-state index >= 15 is 0 Å². The zero-order valence-electron chi connectivity index (χ0n) is 14.1. The zero-order valence-corrected chi connectivity index (χ0v) is 14.1. The molecule has 0 aliphatic rings. The van der Waals surface area contributed by atoms with Crippen molar-refractivity contribution < 1.29 is 14.3 Å². The molecule has 0 aliphatic heterocycles. The molecule has 0 aliphatic carbocycles. The third kappa shape index (κ3) is 3.88. The molecule has 1 aromatic carbocycles. The fraction of sp³-hybridized carbons (Fsp3) is 0.471. The van der Waals surface area contributed by atoms with E-state index in [9.17, 15) is 4.79 Å². The largest absolute Gasteiger partial charge is 0.493 e. The number of unbranched alkanes of at least 4 members (excludes halogenated alkanes) is 1. The van der Waals surface area contributed by atoms with Crippen LogP contribution in [0.15, 0.2) is 12.1 Å². The van der Waals surface area contributed by atoms with Crippen LogP contribution in [-0.4, -0.2) is 34.6 Å². The Hall–Kier alpha value is -2.37. The molecule has 0 spiro atoms. The van der Waals surface area contributed by atoms with Crippen molar-refractivity contribution in [2.24, 2.45) is 0 Å².